The predicted octanol–water partition coefficient (Wildman–Crippen LogP) is 2.32. The Hall–Kier alpha value is -1.20. The number of nitrogens with one attached hydrogen (secondary N) is 1. The monoisotopic (exact) mass is 292 g/mol. The highest BCUT2D eigenvalue weighted by molar-refractivity contribution is 5.49. The highest BCUT2D eigenvalue weighted by atomic mass is 16.5. The maximum Gasteiger partial charge on any atom is 0.131 e. The largest absolute Gasteiger partial charge is 0.379 e. The molecule has 5 heteroatoms. The van der Waals surface area contributed by atoms with Gasteiger partial charge in [0.15, 0.2) is 0 Å². The van der Waals surface area contributed by atoms with E-state index in [9.17, 15) is 0 Å². The average Bonchev–Trinajstić information content (AvgIpc) is 2.98. The number of aromatic nitrogens is 2. The van der Waals surface area contributed by atoms with Crippen molar-refractivity contribution in [1.82, 2.24) is 15.3 Å². The van der Waals surface area contributed by atoms with Crippen LogP contribution in [0.5, 0.6) is 0 Å². The van der Waals surface area contributed by atoms with E-state index < -0.39 is 0 Å². The number of ether oxygens (including phenoxy) is 1. The normalized spacial score (nSPS) is 18.7. The Bertz CT molecular complexity index is 456. The van der Waals surface area contributed by atoms with Crippen molar-refractivity contribution in [2.75, 3.05) is 25.2 Å². The smallest absolute Gasteiger partial charge is 0.131 e. The second kappa shape index (κ2) is 7.18. The molecule has 1 aliphatic heterocycles. The van der Waals surface area contributed by atoms with E-state index in [1.165, 1.54) is 0 Å². The van der Waals surface area contributed by atoms with E-state index in [1.807, 2.05) is 6.20 Å². The summed E-state index contributed by atoms with van der Waals surface area (Å²) < 4.78 is 5.50. The van der Waals surface area contributed by atoms with Crippen molar-refractivity contribution in [3.63, 3.8) is 0 Å². The molecule has 1 saturated heterocycles. The van der Waals surface area contributed by atoms with Crippen LogP contribution < -0.4 is 10.2 Å². The summed E-state index contributed by atoms with van der Waals surface area (Å²) in [7, 11) is 2.12. The van der Waals surface area contributed by atoms with Crippen molar-refractivity contribution in [2.24, 2.45) is 0 Å². The van der Waals surface area contributed by atoms with Gasteiger partial charge < -0.3 is 15.0 Å². The van der Waals surface area contributed by atoms with Gasteiger partial charge in [-0.05, 0) is 6.42 Å². The number of hydrogen-bond donors (Lipinski definition) is 1. The molecule has 0 spiro atoms. The predicted molar refractivity (Wildman–Crippen MR) is 85.7 cm³/mol. The van der Waals surface area contributed by atoms with Gasteiger partial charge in [-0.1, -0.05) is 27.7 Å². The van der Waals surface area contributed by atoms with Crippen LogP contribution in [0, 0.1) is 0 Å². The van der Waals surface area contributed by atoms with Crippen molar-refractivity contribution in [1.29, 1.82) is 0 Å². The molecular weight excluding hydrogens is 264 g/mol. The molecule has 2 heterocycles. The minimum absolute atomic E-state index is 0.344. The maximum absolute atomic E-state index is 5.50. The van der Waals surface area contributed by atoms with E-state index in [0.717, 1.165) is 43.4 Å². The number of likely N-dealkylation sites (N-methyl/N-ethyl adjacent to an activating group) is 1. The van der Waals surface area contributed by atoms with Crippen molar-refractivity contribution in [3.8, 4) is 0 Å². The topological polar surface area (TPSA) is 50.3 Å². The van der Waals surface area contributed by atoms with Crippen molar-refractivity contribution in [3.05, 3.63) is 17.7 Å². The third-order valence-corrected chi connectivity index (χ3v) is 3.89. The summed E-state index contributed by atoms with van der Waals surface area (Å²) in [5, 5.41) is 3.47. The van der Waals surface area contributed by atoms with Crippen LogP contribution >= 0.6 is 0 Å². The summed E-state index contributed by atoms with van der Waals surface area (Å²) in [5.74, 6) is 1.26. The molecule has 1 unspecified atom stereocenters. The van der Waals surface area contributed by atoms with Crippen LogP contribution in [-0.2, 0) is 11.3 Å². The molecule has 0 saturated carbocycles. The molecule has 0 aromatic carbocycles. The van der Waals surface area contributed by atoms with Gasteiger partial charge in [0.05, 0.1) is 30.2 Å². The van der Waals surface area contributed by atoms with Crippen molar-refractivity contribution in [2.45, 2.75) is 58.7 Å². The van der Waals surface area contributed by atoms with Crippen molar-refractivity contribution >= 4 is 5.69 Å². The first-order valence-corrected chi connectivity index (χ1v) is 7.88. The van der Waals surface area contributed by atoms with Crippen LogP contribution in [0.4, 0.5) is 5.69 Å². The van der Waals surface area contributed by atoms with Gasteiger partial charge in [0.1, 0.15) is 5.82 Å². The van der Waals surface area contributed by atoms with Gasteiger partial charge in [0, 0.05) is 32.2 Å². The highest BCUT2D eigenvalue weighted by Crippen LogP contribution is 2.24. The van der Waals surface area contributed by atoms with Crippen LogP contribution in [0.25, 0.3) is 0 Å². The Morgan fingerprint density at radius 3 is 2.71 bits per heavy atom. The Labute approximate surface area is 128 Å². The lowest BCUT2D eigenvalue weighted by Gasteiger charge is -2.27. The second-order valence-corrected chi connectivity index (χ2v) is 6.38. The second-order valence-electron chi connectivity index (χ2n) is 6.38. The Balaban J connectivity index is 2.24. The Morgan fingerprint density at radius 1 is 1.38 bits per heavy atom. The molecular formula is C16H28N4O. The summed E-state index contributed by atoms with van der Waals surface area (Å²) in [5.41, 5.74) is 2.19. The van der Waals surface area contributed by atoms with Crippen LogP contribution in [-0.4, -0.2) is 42.3 Å². The minimum Gasteiger partial charge on any atom is -0.379 e. The molecule has 2 rings (SSSR count). The standard InChI is InChI=1S/C16H28N4O/c1-11(2)16-18-9-15(14(19-16)8-17-12(3)4)20(5)13-6-7-21-10-13/h9,11-13,17H,6-8,10H2,1-5H3. The molecule has 1 aromatic heterocycles. The molecule has 1 aromatic rings. The third-order valence-electron chi connectivity index (χ3n) is 3.89. The molecule has 0 bridgehead atoms. The number of hydrogen-bond acceptors (Lipinski definition) is 5. The number of nitrogens with zero attached hydrogens (tertiary/aromatic N) is 3. The first-order chi connectivity index (χ1) is 9.99. The zero-order valence-electron chi connectivity index (χ0n) is 13.9. The number of anilines is 1. The van der Waals surface area contributed by atoms with Crippen LogP contribution in [0.2, 0.25) is 0 Å². The summed E-state index contributed by atoms with van der Waals surface area (Å²) in [6.07, 6.45) is 3.04. The molecule has 0 aliphatic carbocycles. The van der Waals surface area contributed by atoms with E-state index in [2.05, 4.69) is 49.9 Å². The van der Waals surface area contributed by atoms with E-state index in [-0.39, 0.29) is 0 Å². The zero-order chi connectivity index (χ0) is 15.4. The summed E-state index contributed by atoms with van der Waals surface area (Å²) >= 11 is 0. The van der Waals surface area contributed by atoms with Crippen LogP contribution in [0.15, 0.2) is 6.20 Å². The molecule has 1 aliphatic rings. The van der Waals surface area contributed by atoms with E-state index in [0.29, 0.717) is 18.0 Å². The average molecular weight is 292 g/mol. The van der Waals surface area contributed by atoms with Gasteiger partial charge in [0.2, 0.25) is 0 Å². The van der Waals surface area contributed by atoms with Crippen LogP contribution in [0.3, 0.4) is 0 Å². The molecule has 118 valence electrons. The molecule has 1 atom stereocenters. The highest BCUT2D eigenvalue weighted by Gasteiger charge is 2.23. The van der Waals surface area contributed by atoms with Gasteiger partial charge in [-0.3, -0.25) is 0 Å². The maximum atomic E-state index is 5.50. The van der Waals surface area contributed by atoms with E-state index in [1.54, 1.807) is 0 Å². The Morgan fingerprint density at radius 2 is 2.14 bits per heavy atom. The first-order valence-electron chi connectivity index (χ1n) is 7.88. The van der Waals surface area contributed by atoms with E-state index >= 15 is 0 Å². The summed E-state index contributed by atoms with van der Waals surface area (Å²) in [4.78, 5) is 11.6. The summed E-state index contributed by atoms with van der Waals surface area (Å²) in [6, 6.07) is 0.867. The van der Waals surface area contributed by atoms with E-state index in [4.69, 9.17) is 9.72 Å². The lowest BCUT2D eigenvalue weighted by atomic mass is 10.1. The molecule has 1 fully saturated rings. The van der Waals surface area contributed by atoms with Gasteiger partial charge in [-0.15, -0.1) is 0 Å². The van der Waals surface area contributed by atoms with Gasteiger partial charge >= 0.3 is 0 Å². The number of rotatable bonds is 6. The van der Waals surface area contributed by atoms with Crippen LogP contribution in [0.1, 0.15) is 51.6 Å². The lowest BCUT2D eigenvalue weighted by Crippen LogP contribution is -2.34. The van der Waals surface area contributed by atoms with Gasteiger partial charge in [0.25, 0.3) is 0 Å². The molecule has 5 nitrogen and oxygen atoms in total. The Kier molecular flexibility index (Phi) is 5.53. The third kappa shape index (κ3) is 4.14. The zero-order valence-corrected chi connectivity index (χ0v) is 13.9. The fourth-order valence-corrected chi connectivity index (χ4v) is 2.45. The molecule has 0 amide bonds. The quantitative estimate of drug-likeness (QED) is 0.872. The fourth-order valence-electron chi connectivity index (χ4n) is 2.45. The SMILES string of the molecule is CC(C)NCc1nc(C(C)C)ncc1N(C)C1CCOC1. The first kappa shape index (κ1) is 16.2. The van der Waals surface area contributed by atoms with Gasteiger partial charge in [-0.25, -0.2) is 9.97 Å². The summed E-state index contributed by atoms with van der Waals surface area (Å²) in [6.45, 7) is 11.0. The molecule has 0 radical (unpaired) electrons. The molecule has 1 N–H and O–H groups in total. The molecule has 21 heavy (non-hydrogen) atoms. The minimum atomic E-state index is 0.344. The van der Waals surface area contributed by atoms with Gasteiger partial charge in [-0.2, -0.15) is 0 Å². The lowest BCUT2D eigenvalue weighted by molar-refractivity contribution is 0.193. The van der Waals surface area contributed by atoms with Crippen molar-refractivity contribution < 1.29 is 4.74 Å². The fraction of sp³-hybridized carbons (Fsp3) is 0.750.